The van der Waals surface area contributed by atoms with E-state index in [0.29, 0.717) is 31.5 Å². The van der Waals surface area contributed by atoms with Crippen molar-refractivity contribution in [2.75, 3.05) is 18.0 Å². The molecular weight excluding hydrogens is 354 g/mol. The molecular formula is C22H25N3O3. The molecule has 0 unspecified atom stereocenters. The predicted molar refractivity (Wildman–Crippen MR) is 107 cm³/mol. The van der Waals surface area contributed by atoms with Crippen LogP contribution in [-0.2, 0) is 6.42 Å². The molecule has 0 radical (unpaired) electrons. The van der Waals surface area contributed by atoms with Crippen LogP contribution in [0.1, 0.15) is 28.8 Å². The van der Waals surface area contributed by atoms with Crippen molar-refractivity contribution < 1.29 is 14.7 Å². The van der Waals surface area contributed by atoms with Crippen molar-refractivity contribution in [3.63, 3.8) is 0 Å². The molecule has 0 spiro atoms. The molecule has 1 aliphatic heterocycles. The molecule has 2 aliphatic rings. The Morgan fingerprint density at radius 1 is 1.18 bits per heavy atom. The topological polar surface area (TPSA) is 81.7 Å². The number of aliphatic hydroxyl groups is 1. The summed E-state index contributed by atoms with van der Waals surface area (Å²) < 4.78 is 0. The molecule has 4 rings (SSSR count). The van der Waals surface area contributed by atoms with Crippen molar-refractivity contribution in [3.8, 4) is 0 Å². The predicted octanol–water partition coefficient (Wildman–Crippen LogP) is 2.33. The van der Waals surface area contributed by atoms with Gasteiger partial charge in [-0.1, -0.05) is 36.4 Å². The molecule has 1 saturated heterocycles. The third-order valence-electron chi connectivity index (χ3n) is 5.61. The molecule has 146 valence electrons. The van der Waals surface area contributed by atoms with Crippen molar-refractivity contribution in [1.29, 1.82) is 0 Å². The third kappa shape index (κ3) is 4.02. The van der Waals surface area contributed by atoms with Gasteiger partial charge in [0.15, 0.2) is 0 Å². The number of urea groups is 1. The molecule has 2 fully saturated rings. The minimum atomic E-state index is -0.266. The van der Waals surface area contributed by atoms with Crippen LogP contribution in [0.2, 0.25) is 0 Å². The smallest absolute Gasteiger partial charge is 0.321 e. The minimum Gasteiger partial charge on any atom is -0.393 e. The molecule has 28 heavy (non-hydrogen) atoms. The van der Waals surface area contributed by atoms with E-state index in [9.17, 15) is 14.7 Å². The molecule has 1 aliphatic carbocycles. The highest BCUT2D eigenvalue weighted by molar-refractivity contribution is 5.98. The van der Waals surface area contributed by atoms with Crippen molar-refractivity contribution in [2.45, 2.75) is 31.4 Å². The van der Waals surface area contributed by atoms with E-state index in [0.717, 1.165) is 17.7 Å². The quantitative estimate of drug-likeness (QED) is 0.721. The number of rotatable bonds is 6. The Kier molecular flexibility index (Phi) is 5.30. The normalized spacial score (nSPS) is 22.3. The molecule has 0 aromatic heterocycles. The van der Waals surface area contributed by atoms with Crippen LogP contribution < -0.4 is 15.5 Å². The second kappa shape index (κ2) is 8.02. The molecule has 1 saturated carbocycles. The Balaban J connectivity index is 1.48. The second-order valence-electron chi connectivity index (χ2n) is 7.59. The fraction of sp³-hybridized carbons (Fsp3) is 0.364. The van der Waals surface area contributed by atoms with Gasteiger partial charge in [-0.05, 0) is 48.9 Å². The van der Waals surface area contributed by atoms with Crippen LogP contribution >= 0.6 is 0 Å². The molecule has 3 amide bonds. The molecule has 6 heteroatoms. The SMILES string of the molecule is O=C(N[C@H](Cc1ccccc1)C1CC(O)C1)c1cccc(N2CCNC2=O)c1. The first kappa shape index (κ1) is 18.5. The largest absolute Gasteiger partial charge is 0.393 e. The maximum Gasteiger partial charge on any atom is 0.321 e. The average molecular weight is 379 g/mol. The summed E-state index contributed by atoms with van der Waals surface area (Å²) in [5.41, 5.74) is 2.42. The summed E-state index contributed by atoms with van der Waals surface area (Å²) in [7, 11) is 0. The van der Waals surface area contributed by atoms with Crippen LogP contribution in [0.25, 0.3) is 0 Å². The number of nitrogens with one attached hydrogen (secondary N) is 2. The van der Waals surface area contributed by atoms with Crippen molar-refractivity contribution >= 4 is 17.6 Å². The van der Waals surface area contributed by atoms with E-state index in [4.69, 9.17) is 0 Å². The lowest BCUT2D eigenvalue weighted by atomic mass is 9.75. The Labute approximate surface area is 164 Å². The molecule has 1 atom stereocenters. The number of benzene rings is 2. The first-order valence-electron chi connectivity index (χ1n) is 9.78. The van der Waals surface area contributed by atoms with Crippen molar-refractivity contribution in [3.05, 3.63) is 65.7 Å². The van der Waals surface area contributed by atoms with Gasteiger partial charge in [-0.3, -0.25) is 9.69 Å². The van der Waals surface area contributed by atoms with Gasteiger partial charge in [-0.25, -0.2) is 4.79 Å². The molecule has 6 nitrogen and oxygen atoms in total. The van der Waals surface area contributed by atoms with E-state index >= 15 is 0 Å². The average Bonchev–Trinajstić information content (AvgIpc) is 3.12. The maximum atomic E-state index is 12.9. The van der Waals surface area contributed by atoms with Crippen LogP contribution in [-0.4, -0.2) is 42.3 Å². The highest BCUT2D eigenvalue weighted by Crippen LogP contribution is 2.32. The summed E-state index contributed by atoms with van der Waals surface area (Å²) in [5.74, 6) is 0.121. The lowest BCUT2D eigenvalue weighted by molar-refractivity contribution is 0.0239. The first-order chi connectivity index (χ1) is 13.6. The van der Waals surface area contributed by atoms with E-state index < -0.39 is 0 Å². The number of anilines is 1. The molecule has 0 bridgehead atoms. The van der Waals surface area contributed by atoms with E-state index in [1.54, 1.807) is 23.1 Å². The van der Waals surface area contributed by atoms with E-state index in [1.807, 2.05) is 24.3 Å². The fourth-order valence-corrected chi connectivity index (χ4v) is 3.95. The Hall–Kier alpha value is -2.86. The zero-order valence-electron chi connectivity index (χ0n) is 15.7. The summed E-state index contributed by atoms with van der Waals surface area (Å²) in [4.78, 5) is 26.5. The van der Waals surface area contributed by atoms with Crippen LogP contribution in [0.3, 0.4) is 0 Å². The second-order valence-corrected chi connectivity index (χ2v) is 7.59. The Bertz CT molecular complexity index is 849. The zero-order chi connectivity index (χ0) is 19.5. The maximum absolute atomic E-state index is 12.9. The third-order valence-corrected chi connectivity index (χ3v) is 5.61. The van der Waals surface area contributed by atoms with Gasteiger partial charge in [0.1, 0.15) is 0 Å². The highest BCUT2D eigenvalue weighted by Gasteiger charge is 2.35. The summed E-state index contributed by atoms with van der Waals surface area (Å²) in [6.07, 6.45) is 1.90. The molecule has 1 heterocycles. The van der Waals surface area contributed by atoms with Gasteiger partial charge >= 0.3 is 6.03 Å². The van der Waals surface area contributed by atoms with Gasteiger partial charge < -0.3 is 15.7 Å². The number of amides is 3. The summed E-state index contributed by atoms with van der Waals surface area (Å²) in [6.45, 7) is 1.21. The van der Waals surface area contributed by atoms with Gasteiger partial charge in [0, 0.05) is 30.4 Å². The number of nitrogens with zero attached hydrogens (tertiary/aromatic N) is 1. The molecule has 2 aromatic carbocycles. The summed E-state index contributed by atoms with van der Waals surface area (Å²) in [5, 5.41) is 15.6. The monoisotopic (exact) mass is 379 g/mol. The van der Waals surface area contributed by atoms with Gasteiger partial charge in [0.2, 0.25) is 0 Å². The van der Waals surface area contributed by atoms with Crippen LogP contribution in [0.5, 0.6) is 0 Å². The number of hydrogen-bond acceptors (Lipinski definition) is 3. The fourth-order valence-electron chi connectivity index (χ4n) is 3.95. The van der Waals surface area contributed by atoms with Gasteiger partial charge in [-0.15, -0.1) is 0 Å². The van der Waals surface area contributed by atoms with E-state index in [-0.39, 0.29) is 30.0 Å². The molecule has 2 aromatic rings. The molecule has 3 N–H and O–H groups in total. The minimum absolute atomic E-state index is 0.0305. The van der Waals surface area contributed by atoms with Crippen molar-refractivity contribution in [2.24, 2.45) is 5.92 Å². The van der Waals surface area contributed by atoms with Crippen molar-refractivity contribution in [1.82, 2.24) is 10.6 Å². The lowest BCUT2D eigenvalue weighted by Gasteiger charge is -2.38. The highest BCUT2D eigenvalue weighted by atomic mass is 16.3. The zero-order valence-corrected chi connectivity index (χ0v) is 15.7. The lowest BCUT2D eigenvalue weighted by Crippen LogP contribution is -2.48. The number of carbonyl (C=O) groups is 2. The number of aliphatic hydroxyl groups excluding tert-OH is 1. The van der Waals surface area contributed by atoms with E-state index in [1.165, 1.54) is 0 Å². The number of carbonyl (C=O) groups excluding carboxylic acids is 2. The van der Waals surface area contributed by atoms with E-state index in [2.05, 4.69) is 22.8 Å². The van der Waals surface area contributed by atoms with Gasteiger partial charge in [-0.2, -0.15) is 0 Å². The van der Waals surface area contributed by atoms with Gasteiger partial charge in [0.05, 0.1) is 6.10 Å². The van der Waals surface area contributed by atoms with Crippen LogP contribution in [0.15, 0.2) is 54.6 Å². The summed E-state index contributed by atoms with van der Waals surface area (Å²) >= 11 is 0. The number of hydrogen-bond donors (Lipinski definition) is 3. The van der Waals surface area contributed by atoms with Gasteiger partial charge in [0.25, 0.3) is 5.91 Å². The Morgan fingerprint density at radius 2 is 1.96 bits per heavy atom. The summed E-state index contributed by atoms with van der Waals surface area (Å²) in [6, 6.07) is 17.1. The van der Waals surface area contributed by atoms with Crippen LogP contribution in [0, 0.1) is 5.92 Å². The first-order valence-corrected chi connectivity index (χ1v) is 9.78. The standard InChI is InChI=1S/C22H25N3O3/c26-19-13-17(14-19)20(11-15-5-2-1-3-6-15)24-21(27)16-7-4-8-18(12-16)25-10-9-23-22(25)28/h1-8,12,17,19-20,26H,9-11,13-14H2,(H,23,28)(H,24,27)/t17?,19?,20-/m1/s1. The van der Waals surface area contributed by atoms with Crippen LogP contribution in [0.4, 0.5) is 10.5 Å². The Morgan fingerprint density at radius 3 is 2.64 bits per heavy atom.